The van der Waals surface area contributed by atoms with Crippen LogP contribution in [0, 0.1) is 0 Å². The molecule has 0 spiro atoms. The number of amides is 2. The van der Waals surface area contributed by atoms with Gasteiger partial charge in [0.25, 0.3) is 5.91 Å². The minimum atomic E-state index is -3.77. The largest absolute Gasteiger partial charge is 0.369 e. The van der Waals surface area contributed by atoms with E-state index in [9.17, 15) is 18.0 Å². The molecule has 7 nitrogen and oxygen atoms in total. The number of piperidine rings is 1. The molecule has 1 aliphatic rings. The highest BCUT2D eigenvalue weighted by atomic mass is 32.2. The van der Waals surface area contributed by atoms with Gasteiger partial charge in [0.15, 0.2) is 9.84 Å². The number of benzene rings is 1. The third-order valence-electron chi connectivity index (χ3n) is 4.21. The number of nitrogens with zero attached hydrogens (tertiary/aromatic N) is 1. The second-order valence-electron chi connectivity index (χ2n) is 6.17. The monoisotopic (exact) mass is 353 g/mol. The van der Waals surface area contributed by atoms with Crippen LogP contribution in [0.1, 0.15) is 36.5 Å². The number of carbonyl (C=O) groups excluding carboxylic acids is 2. The molecule has 2 atom stereocenters. The van der Waals surface area contributed by atoms with Crippen molar-refractivity contribution in [3.8, 4) is 0 Å². The average Bonchev–Trinajstić information content (AvgIpc) is 2.53. The second kappa shape index (κ2) is 7.31. The van der Waals surface area contributed by atoms with Crippen molar-refractivity contribution >= 4 is 21.7 Å². The maximum atomic E-state index is 12.7. The first-order valence-corrected chi connectivity index (χ1v) is 9.55. The van der Waals surface area contributed by atoms with Gasteiger partial charge in [0.1, 0.15) is 5.75 Å². The fourth-order valence-electron chi connectivity index (χ4n) is 3.00. The topological polar surface area (TPSA) is 124 Å². The first-order valence-electron chi connectivity index (χ1n) is 7.90. The van der Waals surface area contributed by atoms with Crippen molar-refractivity contribution in [3.63, 3.8) is 0 Å². The van der Waals surface area contributed by atoms with Crippen LogP contribution in [0.2, 0.25) is 0 Å². The second-order valence-corrected chi connectivity index (χ2v) is 8.16. The smallest absolute Gasteiger partial charge is 0.254 e. The summed E-state index contributed by atoms with van der Waals surface area (Å²) < 4.78 is 23.9. The molecule has 1 aromatic carbocycles. The predicted molar refractivity (Wildman–Crippen MR) is 90.0 cm³/mol. The highest BCUT2D eigenvalue weighted by molar-refractivity contribution is 7.92. The van der Waals surface area contributed by atoms with Gasteiger partial charge in [-0.15, -0.1) is 0 Å². The van der Waals surface area contributed by atoms with Crippen molar-refractivity contribution in [2.75, 3.05) is 12.3 Å². The lowest BCUT2D eigenvalue weighted by atomic mass is 9.96. The van der Waals surface area contributed by atoms with E-state index in [-0.39, 0.29) is 22.9 Å². The zero-order valence-corrected chi connectivity index (χ0v) is 14.5. The lowest BCUT2D eigenvalue weighted by Crippen LogP contribution is -2.51. The maximum Gasteiger partial charge on any atom is 0.254 e. The van der Waals surface area contributed by atoms with Crippen LogP contribution in [0.3, 0.4) is 0 Å². The number of rotatable bonds is 5. The van der Waals surface area contributed by atoms with E-state index in [4.69, 9.17) is 11.5 Å². The Morgan fingerprint density at radius 3 is 2.42 bits per heavy atom. The normalized spacial score (nSPS) is 19.8. The van der Waals surface area contributed by atoms with Gasteiger partial charge in [0.05, 0.1) is 4.90 Å². The van der Waals surface area contributed by atoms with Crippen molar-refractivity contribution < 1.29 is 18.0 Å². The van der Waals surface area contributed by atoms with Crippen molar-refractivity contribution in [3.05, 3.63) is 29.8 Å². The van der Waals surface area contributed by atoms with Gasteiger partial charge in [0.2, 0.25) is 5.91 Å². The van der Waals surface area contributed by atoms with Gasteiger partial charge in [-0.05, 0) is 50.5 Å². The van der Waals surface area contributed by atoms with Crippen LogP contribution in [-0.2, 0) is 14.6 Å². The molecule has 0 unspecified atom stereocenters. The standard InChI is InChI=1S/C16H23N3O4S/c1-11(17)14-4-2-3-9-19(14)16(21)12-5-7-13(8-6-12)24(22,23)10-15(18)20/h5-8,11,14H,2-4,9-10,17H2,1H3,(H2,18,20)/t11-,14+/m0/s1. The SMILES string of the molecule is C[C@H](N)[C@H]1CCCCN1C(=O)c1ccc(S(=O)(=O)CC(N)=O)cc1. The summed E-state index contributed by atoms with van der Waals surface area (Å²) in [5.74, 6) is -1.82. The van der Waals surface area contributed by atoms with E-state index in [1.54, 1.807) is 4.90 Å². The molecule has 1 aliphatic heterocycles. The fourth-order valence-corrected chi connectivity index (χ4v) is 4.09. The van der Waals surface area contributed by atoms with E-state index in [2.05, 4.69) is 0 Å². The number of carbonyl (C=O) groups is 2. The molecule has 1 saturated heterocycles. The summed E-state index contributed by atoms with van der Waals surface area (Å²) in [5, 5.41) is 0. The molecule has 2 rings (SSSR count). The van der Waals surface area contributed by atoms with E-state index >= 15 is 0 Å². The van der Waals surface area contributed by atoms with Gasteiger partial charge in [-0.3, -0.25) is 9.59 Å². The number of sulfone groups is 1. The van der Waals surface area contributed by atoms with Crippen molar-refractivity contribution in [2.24, 2.45) is 11.5 Å². The minimum absolute atomic E-state index is 0.00970. The number of hydrogen-bond donors (Lipinski definition) is 2. The van der Waals surface area contributed by atoms with Crippen LogP contribution in [-0.4, -0.2) is 49.5 Å². The third kappa shape index (κ3) is 4.12. The summed E-state index contributed by atoms with van der Waals surface area (Å²) in [7, 11) is -3.77. The van der Waals surface area contributed by atoms with Crippen LogP contribution in [0.5, 0.6) is 0 Å². The summed E-state index contributed by atoms with van der Waals surface area (Å²) in [6, 6.07) is 5.45. The lowest BCUT2D eigenvalue weighted by Gasteiger charge is -2.38. The Hall–Kier alpha value is -1.93. The Bertz CT molecular complexity index is 713. The molecule has 1 heterocycles. The van der Waals surface area contributed by atoms with E-state index in [0.717, 1.165) is 19.3 Å². The first kappa shape index (κ1) is 18.4. The summed E-state index contributed by atoms with van der Waals surface area (Å²) in [6.45, 7) is 2.53. The molecule has 0 radical (unpaired) electrons. The van der Waals surface area contributed by atoms with E-state index in [1.807, 2.05) is 6.92 Å². The van der Waals surface area contributed by atoms with E-state index in [0.29, 0.717) is 12.1 Å². The molecule has 132 valence electrons. The molecule has 4 N–H and O–H groups in total. The van der Waals surface area contributed by atoms with E-state index < -0.39 is 21.5 Å². The van der Waals surface area contributed by atoms with Gasteiger partial charge < -0.3 is 16.4 Å². The van der Waals surface area contributed by atoms with Crippen molar-refractivity contribution in [1.82, 2.24) is 4.90 Å². The summed E-state index contributed by atoms with van der Waals surface area (Å²) >= 11 is 0. The fraction of sp³-hybridized carbons (Fsp3) is 0.500. The van der Waals surface area contributed by atoms with Crippen LogP contribution in [0.25, 0.3) is 0 Å². The summed E-state index contributed by atoms with van der Waals surface area (Å²) in [6.07, 6.45) is 2.84. The number of primary amides is 1. The Kier molecular flexibility index (Phi) is 5.61. The predicted octanol–water partition coefficient (Wildman–Crippen LogP) is 0.288. The molecular weight excluding hydrogens is 330 g/mol. The van der Waals surface area contributed by atoms with Gasteiger partial charge in [0, 0.05) is 24.2 Å². The first-order chi connectivity index (χ1) is 11.2. The molecule has 24 heavy (non-hydrogen) atoms. The molecular formula is C16H23N3O4S. The minimum Gasteiger partial charge on any atom is -0.369 e. The molecule has 0 aromatic heterocycles. The molecule has 0 saturated carbocycles. The van der Waals surface area contributed by atoms with Crippen molar-refractivity contribution in [2.45, 2.75) is 43.2 Å². The Morgan fingerprint density at radius 2 is 1.88 bits per heavy atom. The summed E-state index contributed by atoms with van der Waals surface area (Å²) in [4.78, 5) is 25.3. The molecule has 8 heteroatoms. The van der Waals surface area contributed by atoms with Crippen LogP contribution in [0.4, 0.5) is 0 Å². The maximum absolute atomic E-state index is 12.7. The average molecular weight is 353 g/mol. The highest BCUT2D eigenvalue weighted by Gasteiger charge is 2.30. The molecule has 2 amide bonds. The Labute approximate surface area is 141 Å². The Balaban J connectivity index is 2.21. The van der Waals surface area contributed by atoms with Gasteiger partial charge >= 0.3 is 0 Å². The van der Waals surface area contributed by atoms with Crippen molar-refractivity contribution in [1.29, 1.82) is 0 Å². The molecule has 1 aromatic rings. The van der Waals surface area contributed by atoms with Crippen LogP contribution < -0.4 is 11.5 Å². The number of hydrogen-bond acceptors (Lipinski definition) is 5. The zero-order chi connectivity index (χ0) is 17.9. The van der Waals surface area contributed by atoms with E-state index in [1.165, 1.54) is 24.3 Å². The van der Waals surface area contributed by atoms with Gasteiger partial charge in [-0.1, -0.05) is 0 Å². The quantitative estimate of drug-likeness (QED) is 0.787. The highest BCUT2D eigenvalue weighted by Crippen LogP contribution is 2.22. The third-order valence-corrected chi connectivity index (χ3v) is 5.86. The summed E-state index contributed by atoms with van der Waals surface area (Å²) in [5.41, 5.74) is 11.3. The molecule has 1 fully saturated rings. The molecule has 0 aliphatic carbocycles. The molecule has 0 bridgehead atoms. The Morgan fingerprint density at radius 1 is 1.25 bits per heavy atom. The number of nitrogens with two attached hydrogens (primary N) is 2. The van der Waals surface area contributed by atoms with Crippen LogP contribution >= 0.6 is 0 Å². The van der Waals surface area contributed by atoms with Gasteiger partial charge in [-0.25, -0.2) is 8.42 Å². The van der Waals surface area contributed by atoms with Gasteiger partial charge in [-0.2, -0.15) is 0 Å². The number of likely N-dealkylation sites (tertiary alicyclic amines) is 1. The lowest BCUT2D eigenvalue weighted by molar-refractivity contribution is -0.115. The zero-order valence-electron chi connectivity index (χ0n) is 13.6. The van der Waals surface area contributed by atoms with Crippen LogP contribution in [0.15, 0.2) is 29.2 Å².